The number of esters is 1. The highest BCUT2D eigenvalue weighted by molar-refractivity contribution is 5.88. The molecule has 1 aliphatic carbocycles. The molecule has 0 spiro atoms. The molecule has 3 nitrogen and oxygen atoms in total. The van der Waals surface area contributed by atoms with Crippen molar-refractivity contribution in [3.05, 3.63) is 12.2 Å². The molecule has 1 saturated carbocycles. The lowest BCUT2D eigenvalue weighted by Gasteiger charge is -2.29. The van der Waals surface area contributed by atoms with Crippen LogP contribution in [-0.4, -0.2) is 25.2 Å². The normalized spacial score (nSPS) is 23.7. The molecule has 1 aliphatic rings. The molecule has 0 aromatic rings. The highest BCUT2D eigenvalue weighted by atomic mass is 16.5. The minimum atomic E-state index is -0.273. The summed E-state index contributed by atoms with van der Waals surface area (Å²) < 4.78 is 4.91. The van der Waals surface area contributed by atoms with Crippen LogP contribution in [0.5, 0.6) is 0 Å². The lowest BCUT2D eigenvalue weighted by Crippen LogP contribution is -2.35. The maximum absolute atomic E-state index is 11.4. The summed E-state index contributed by atoms with van der Waals surface area (Å²) in [6, 6.07) is 0.546. The smallest absolute Gasteiger partial charge is 0.334 e. The third-order valence-electron chi connectivity index (χ3n) is 3.71. The van der Waals surface area contributed by atoms with Gasteiger partial charge >= 0.3 is 5.97 Å². The Morgan fingerprint density at radius 3 is 2.50 bits per heavy atom. The summed E-state index contributed by atoms with van der Waals surface area (Å²) in [6.07, 6.45) is 7.74. The zero-order chi connectivity index (χ0) is 13.4. The van der Waals surface area contributed by atoms with Crippen LogP contribution in [0, 0.1) is 5.92 Å². The first kappa shape index (κ1) is 15.2. The van der Waals surface area contributed by atoms with Gasteiger partial charge in [-0.2, -0.15) is 0 Å². The Morgan fingerprint density at radius 1 is 1.28 bits per heavy atom. The quantitative estimate of drug-likeness (QED) is 0.560. The molecule has 0 heterocycles. The molecule has 18 heavy (non-hydrogen) atoms. The van der Waals surface area contributed by atoms with Gasteiger partial charge in [-0.3, -0.25) is 0 Å². The van der Waals surface area contributed by atoms with E-state index in [2.05, 4.69) is 18.8 Å². The number of nitrogens with one attached hydrogen (secondary N) is 1. The number of hydrogen-bond donors (Lipinski definition) is 1. The van der Waals surface area contributed by atoms with Crippen LogP contribution in [0.2, 0.25) is 0 Å². The third-order valence-corrected chi connectivity index (χ3v) is 3.71. The van der Waals surface area contributed by atoms with Crippen molar-refractivity contribution in [3.8, 4) is 0 Å². The van der Waals surface area contributed by atoms with E-state index in [0.29, 0.717) is 24.8 Å². The third kappa shape index (κ3) is 5.21. The minimum absolute atomic E-state index is 0.273. The number of hydrogen-bond acceptors (Lipinski definition) is 3. The van der Waals surface area contributed by atoms with Gasteiger partial charge in [-0.05, 0) is 38.5 Å². The van der Waals surface area contributed by atoms with E-state index in [1.54, 1.807) is 0 Å². The summed E-state index contributed by atoms with van der Waals surface area (Å²) in [7, 11) is 0. The summed E-state index contributed by atoms with van der Waals surface area (Å²) in [6.45, 7) is 8.81. The number of carbonyl (C=O) groups excluding carboxylic acids is 1. The maximum Gasteiger partial charge on any atom is 0.334 e. The molecule has 0 amide bonds. The lowest BCUT2D eigenvalue weighted by molar-refractivity contribution is -0.138. The standard InChI is InChI=1S/C15H27NO2/c1-4-6-13-7-9-14(10-8-13)16-11-12(3)15(17)18-5-2/h13-14,16H,3-11H2,1-2H3. The van der Waals surface area contributed by atoms with Crippen molar-refractivity contribution in [2.75, 3.05) is 13.2 Å². The van der Waals surface area contributed by atoms with Gasteiger partial charge in [-0.25, -0.2) is 4.79 Å². The van der Waals surface area contributed by atoms with Crippen molar-refractivity contribution >= 4 is 5.97 Å². The van der Waals surface area contributed by atoms with Crippen LogP contribution in [-0.2, 0) is 9.53 Å². The molecule has 0 bridgehead atoms. The Kier molecular flexibility index (Phi) is 7.02. The first-order valence-corrected chi connectivity index (χ1v) is 7.25. The Hall–Kier alpha value is -0.830. The predicted octanol–water partition coefficient (Wildman–Crippen LogP) is 3.05. The van der Waals surface area contributed by atoms with Gasteiger partial charge in [0.05, 0.1) is 6.61 Å². The van der Waals surface area contributed by atoms with E-state index in [9.17, 15) is 4.79 Å². The highest BCUT2D eigenvalue weighted by Crippen LogP contribution is 2.27. The van der Waals surface area contributed by atoms with Crippen molar-refractivity contribution in [1.82, 2.24) is 5.32 Å². The lowest BCUT2D eigenvalue weighted by atomic mass is 9.83. The topological polar surface area (TPSA) is 38.3 Å². The van der Waals surface area contributed by atoms with E-state index in [1.165, 1.54) is 38.5 Å². The molecule has 1 N–H and O–H groups in total. The fourth-order valence-corrected chi connectivity index (χ4v) is 2.64. The van der Waals surface area contributed by atoms with Crippen LogP contribution in [0.1, 0.15) is 52.4 Å². The van der Waals surface area contributed by atoms with Gasteiger partial charge in [-0.1, -0.05) is 26.3 Å². The van der Waals surface area contributed by atoms with E-state index in [0.717, 1.165) is 5.92 Å². The van der Waals surface area contributed by atoms with Crippen molar-refractivity contribution in [2.24, 2.45) is 5.92 Å². The van der Waals surface area contributed by atoms with Crippen molar-refractivity contribution in [1.29, 1.82) is 0 Å². The first-order valence-electron chi connectivity index (χ1n) is 7.25. The molecule has 104 valence electrons. The second kappa shape index (κ2) is 8.30. The summed E-state index contributed by atoms with van der Waals surface area (Å²) in [5, 5.41) is 3.42. The molecule has 0 aromatic heterocycles. The van der Waals surface area contributed by atoms with Gasteiger partial charge < -0.3 is 10.1 Å². The van der Waals surface area contributed by atoms with Crippen molar-refractivity contribution in [2.45, 2.75) is 58.4 Å². The molecule has 0 saturated heterocycles. The van der Waals surface area contributed by atoms with E-state index < -0.39 is 0 Å². The van der Waals surface area contributed by atoms with Gasteiger partial charge in [-0.15, -0.1) is 0 Å². The Labute approximate surface area is 111 Å². The van der Waals surface area contributed by atoms with Gasteiger partial charge in [0, 0.05) is 18.2 Å². The van der Waals surface area contributed by atoms with Crippen LogP contribution in [0.25, 0.3) is 0 Å². The fourth-order valence-electron chi connectivity index (χ4n) is 2.64. The Morgan fingerprint density at radius 2 is 1.94 bits per heavy atom. The van der Waals surface area contributed by atoms with E-state index >= 15 is 0 Å². The number of ether oxygens (including phenoxy) is 1. The Balaban J connectivity index is 2.17. The van der Waals surface area contributed by atoms with Crippen molar-refractivity contribution < 1.29 is 9.53 Å². The van der Waals surface area contributed by atoms with Crippen LogP contribution in [0.3, 0.4) is 0 Å². The van der Waals surface area contributed by atoms with Crippen LogP contribution < -0.4 is 5.32 Å². The summed E-state index contributed by atoms with van der Waals surface area (Å²) in [5.74, 6) is 0.644. The maximum atomic E-state index is 11.4. The summed E-state index contributed by atoms with van der Waals surface area (Å²) in [5.41, 5.74) is 0.535. The molecule has 0 radical (unpaired) electrons. The molecule has 0 unspecified atom stereocenters. The molecule has 0 aromatic carbocycles. The molecular formula is C15H27NO2. The molecular weight excluding hydrogens is 226 g/mol. The first-order chi connectivity index (χ1) is 8.67. The molecule has 1 rings (SSSR count). The van der Waals surface area contributed by atoms with Crippen LogP contribution >= 0.6 is 0 Å². The predicted molar refractivity (Wildman–Crippen MR) is 74.4 cm³/mol. The summed E-state index contributed by atoms with van der Waals surface area (Å²) >= 11 is 0. The average molecular weight is 253 g/mol. The largest absolute Gasteiger partial charge is 0.463 e. The SMILES string of the molecule is C=C(CNC1CCC(CCC)CC1)C(=O)OCC. The average Bonchev–Trinajstić information content (AvgIpc) is 2.38. The monoisotopic (exact) mass is 253 g/mol. The fraction of sp³-hybridized carbons (Fsp3) is 0.800. The van der Waals surface area contributed by atoms with E-state index in [1.807, 2.05) is 6.92 Å². The zero-order valence-electron chi connectivity index (χ0n) is 11.8. The van der Waals surface area contributed by atoms with Gasteiger partial charge in [0.15, 0.2) is 0 Å². The number of carbonyl (C=O) groups is 1. The van der Waals surface area contributed by atoms with E-state index in [4.69, 9.17) is 4.74 Å². The molecule has 0 atom stereocenters. The van der Waals surface area contributed by atoms with Crippen LogP contribution in [0.4, 0.5) is 0 Å². The minimum Gasteiger partial charge on any atom is -0.463 e. The second-order valence-corrected chi connectivity index (χ2v) is 5.21. The van der Waals surface area contributed by atoms with Gasteiger partial charge in [0.25, 0.3) is 0 Å². The highest BCUT2D eigenvalue weighted by Gasteiger charge is 2.20. The van der Waals surface area contributed by atoms with Gasteiger partial charge in [0.1, 0.15) is 0 Å². The molecule has 0 aliphatic heterocycles. The number of rotatable bonds is 7. The molecule has 3 heteroatoms. The zero-order valence-corrected chi connectivity index (χ0v) is 11.8. The van der Waals surface area contributed by atoms with E-state index in [-0.39, 0.29) is 5.97 Å². The van der Waals surface area contributed by atoms with Gasteiger partial charge in [0.2, 0.25) is 0 Å². The second-order valence-electron chi connectivity index (χ2n) is 5.21. The van der Waals surface area contributed by atoms with Crippen molar-refractivity contribution in [3.63, 3.8) is 0 Å². The molecule has 1 fully saturated rings. The summed E-state index contributed by atoms with van der Waals surface area (Å²) in [4.78, 5) is 11.4. The Bertz CT molecular complexity index is 268. The van der Waals surface area contributed by atoms with Crippen LogP contribution in [0.15, 0.2) is 12.2 Å².